The van der Waals surface area contributed by atoms with Crippen LogP contribution in [0.25, 0.3) is 0 Å². The SMILES string of the molecule is C=CC(=O)NCC1CNC(C2CCC(F)(F)CC2)CC1C1CCN(C(F)F)N1. The number of nitrogens with one attached hydrogen (secondary N) is 3. The smallest absolute Gasteiger partial charge is 0.306 e. The summed E-state index contributed by atoms with van der Waals surface area (Å²) in [6.07, 6.45) is 3.35. The summed E-state index contributed by atoms with van der Waals surface area (Å²) in [6, 6.07) is 0.00382. The van der Waals surface area contributed by atoms with E-state index in [-0.39, 0.29) is 55.1 Å². The van der Waals surface area contributed by atoms with Gasteiger partial charge in [-0.2, -0.15) is 13.8 Å². The lowest BCUT2D eigenvalue weighted by molar-refractivity contribution is -0.116. The first-order valence-electron chi connectivity index (χ1n) is 10.1. The molecule has 0 spiro atoms. The van der Waals surface area contributed by atoms with Gasteiger partial charge in [0.2, 0.25) is 11.8 Å². The predicted molar refractivity (Wildman–Crippen MR) is 97.8 cm³/mol. The molecule has 0 aromatic carbocycles. The fourth-order valence-electron chi connectivity index (χ4n) is 4.95. The Hall–Kier alpha value is -1.19. The van der Waals surface area contributed by atoms with Gasteiger partial charge < -0.3 is 10.6 Å². The lowest BCUT2D eigenvalue weighted by Gasteiger charge is -2.44. The van der Waals surface area contributed by atoms with E-state index in [4.69, 9.17) is 0 Å². The minimum Gasteiger partial charge on any atom is -0.352 e. The molecule has 0 radical (unpaired) electrons. The van der Waals surface area contributed by atoms with Gasteiger partial charge in [-0.15, -0.1) is 0 Å². The molecule has 9 heteroatoms. The Morgan fingerprint density at radius 1 is 1.25 bits per heavy atom. The fraction of sp³-hybridized carbons (Fsp3) is 0.842. The standard InChI is InChI=1S/C19H30F4N4O/c1-2-17(28)25-11-13-10-24-16(12-3-6-19(22,23)7-4-12)9-14(13)15-5-8-27(26-15)18(20)21/h2,12-16,18,24,26H,1,3-11H2,(H,25,28). The van der Waals surface area contributed by atoms with Crippen LogP contribution in [0.5, 0.6) is 0 Å². The second kappa shape index (κ2) is 9.09. The number of hydrazine groups is 1. The van der Waals surface area contributed by atoms with Gasteiger partial charge in [0.15, 0.2) is 0 Å². The molecule has 3 aliphatic rings. The average Bonchev–Trinajstić information content (AvgIpc) is 3.16. The van der Waals surface area contributed by atoms with Gasteiger partial charge in [-0.05, 0) is 49.5 Å². The van der Waals surface area contributed by atoms with E-state index >= 15 is 0 Å². The van der Waals surface area contributed by atoms with Crippen LogP contribution in [0, 0.1) is 17.8 Å². The second-order valence-corrected chi connectivity index (χ2v) is 8.31. The molecule has 3 N–H and O–H groups in total. The maximum absolute atomic E-state index is 13.5. The molecule has 3 rings (SSSR count). The topological polar surface area (TPSA) is 56.4 Å². The molecule has 0 aromatic heterocycles. The molecule has 160 valence electrons. The van der Waals surface area contributed by atoms with E-state index in [2.05, 4.69) is 22.6 Å². The van der Waals surface area contributed by atoms with Gasteiger partial charge in [0.25, 0.3) is 0 Å². The van der Waals surface area contributed by atoms with Crippen molar-refractivity contribution in [3.8, 4) is 0 Å². The van der Waals surface area contributed by atoms with E-state index in [1.807, 2.05) is 0 Å². The number of carbonyl (C=O) groups is 1. The van der Waals surface area contributed by atoms with Gasteiger partial charge in [0.1, 0.15) is 0 Å². The summed E-state index contributed by atoms with van der Waals surface area (Å²) in [5.41, 5.74) is 2.93. The fourth-order valence-corrected chi connectivity index (χ4v) is 4.95. The first-order valence-corrected chi connectivity index (χ1v) is 10.1. The van der Waals surface area contributed by atoms with Crippen LogP contribution in [0.1, 0.15) is 38.5 Å². The highest BCUT2D eigenvalue weighted by Crippen LogP contribution is 2.41. The Labute approximate surface area is 163 Å². The Bertz CT molecular complexity index is 552. The van der Waals surface area contributed by atoms with Crippen LogP contribution in [0.2, 0.25) is 0 Å². The van der Waals surface area contributed by atoms with Gasteiger partial charge in [-0.3, -0.25) is 4.79 Å². The number of amides is 1. The van der Waals surface area contributed by atoms with Crippen molar-refractivity contribution in [2.24, 2.45) is 17.8 Å². The van der Waals surface area contributed by atoms with Crippen LogP contribution < -0.4 is 16.1 Å². The Kier molecular flexibility index (Phi) is 6.98. The van der Waals surface area contributed by atoms with Crippen molar-refractivity contribution in [3.63, 3.8) is 0 Å². The summed E-state index contributed by atoms with van der Waals surface area (Å²) in [6.45, 7) is 2.23. The minimum absolute atomic E-state index is 0.0832. The molecule has 3 fully saturated rings. The molecule has 2 heterocycles. The van der Waals surface area contributed by atoms with E-state index < -0.39 is 12.5 Å². The van der Waals surface area contributed by atoms with E-state index in [0.717, 1.165) is 11.4 Å². The number of piperidine rings is 1. The van der Waals surface area contributed by atoms with E-state index in [1.165, 1.54) is 6.08 Å². The first-order chi connectivity index (χ1) is 13.3. The van der Waals surface area contributed by atoms with Crippen molar-refractivity contribution in [1.29, 1.82) is 0 Å². The van der Waals surface area contributed by atoms with E-state index in [0.29, 0.717) is 32.4 Å². The molecule has 4 atom stereocenters. The Balaban J connectivity index is 1.64. The summed E-state index contributed by atoms with van der Waals surface area (Å²) >= 11 is 0. The lowest BCUT2D eigenvalue weighted by atomic mass is 9.71. The molecular formula is C19H30F4N4O. The van der Waals surface area contributed by atoms with Gasteiger partial charge >= 0.3 is 6.55 Å². The van der Waals surface area contributed by atoms with Crippen molar-refractivity contribution in [3.05, 3.63) is 12.7 Å². The number of alkyl halides is 4. The van der Waals surface area contributed by atoms with Crippen LogP contribution in [-0.4, -0.2) is 55.1 Å². The molecule has 1 saturated carbocycles. The largest absolute Gasteiger partial charge is 0.352 e. The highest BCUT2D eigenvalue weighted by atomic mass is 19.3. The molecule has 1 amide bonds. The highest BCUT2D eigenvalue weighted by molar-refractivity contribution is 5.86. The molecule has 28 heavy (non-hydrogen) atoms. The number of nitrogens with zero attached hydrogens (tertiary/aromatic N) is 1. The first kappa shape index (κ1) is 21.5. The number of halogens is 4. The van der Waals surface area contributed by atoms with Crippen LogP contribution in [0.4, 0.5) is 17.6 Å². The van der Waals surface area contributed by atoms with Crippen molar-refractivity contribution in [1.82, 2.24) is 21.1 Å². The van der Waals surface area contributed by atoms with Crippen molar-refractivity contribution in [2.45, 2.75) is 63.1 Å². The second-order valence-electron chi connectivity index (χ2n) is 8.31. The van der Waals surface area contributed by atoms with Crippen molar-refractivity contribution in [2.75, 3.05) is 19.6 Å². The summed E-state index contributed by atoms with van der Waals surface area (Å²) in [5.74, 6) is -2.47. The highest BCUT2D eigenvalue weighted by Gasteiger charge is 2.44. The molecule has 2 saturated heterocycles. The monoisotopic (exact) mass is 406 g/mol. The Morgan fingerprint density at radius 2 is 1.96 bits per heavy atom. The van der Waals surface area contributed by atoms with E-state index in [9.17, 15) is 22.4 Å². The van der Waals surface area contributed by atoms with Crippen molar-refractivity contribution < 1.29 is 22.4 Å². The Morgan fingerprint density at radius 3 is 2.57 bits per heavy atom. The van der Waals surface area contributed by atoms with Crippen LogP contribution in [-0.2, 0) is 4.79 Å². The van der Waals surface area contributed by atoms with Gasteiger partial charge in [0, 0.05) is 44.6 Å². The van der Waals surface area contributed by atoms with Gasteiger partial charge in [0.05, 0.1) is 0 Å². The third kappa shape index (κ3) is 5.24. The summed E-state index contributed by atoms with van der Waals surface area (Å²) in [5, 5.41) is 7.25. The summed E-state index contributed by atoms with van der Waals surface area (Å²) in [4.78, 5) is 11.6. The molecule has 0 aromatic rings. The third-order valence-corrected chi connectivity index (χ3v) is 6.59. The number of hydrogen-bond donors (Lipinski definition) is 3. The summed E-state index contributed by atoms with van der Waals surface area (Å²) in [7, 11) is 0. The summed E-state index contributed by atoms with van der Waals surface area (Å²) < 4.78 is 53.1. The maximum Gasteiger partial charge on any atom is 0.306 e. The number of carbonyl (C=O) groups excluding carboxylic acids is 1. The van der Waals surface area contributed by atoms with E-state index in [1.54, 1.807) is 0 Å². The maximum atomic E-state index is 13.5. The molecule has 5 nitrogen and oxygen atoms in total. The molecular weight excluding hydrogens is 376 g/mol. The minimum atomic E-state index is -2.56. The molecule has 4 unspecified atom stereocenters. The van der Waals surface area contributed by atoms with Gasteiger partial charge in [-0.25, -0.2) is 14.2 Å². The molecule has 1 aliphatic carbocycles. The zero-order valence-corrected chi connectivity index (χ0v) is 16.0. The van der Waals surface area contributed by atoms with Gasteiger partial charge in [-0.1, -0.05) is 6.58 Å². The number of hydrogen-bond acceptors (Lipinski definition) is 4. The number of rotatable bonds is 6. The zero-order valence-electron chi connectivity index (χ0n) is 16.0. The van der Waals surface area contributed by atoms with Crippen molar-refractivity contribution >= 4 is 5.91 Å². The lowest BCUT2D eigenvalue weighted by Crippen LogP contribution is -2.56. The predicted octanol–water partition coefficient (Wildman–Crippen LogP) is 2.51. The van der Waals surface area contributed by atoms with Crippen LogP contribution in [0.3, 0.4) is 0 Å². The zero-order chi connectivity index (χ0) is 20.3. The third-order valence-electron chi connectivity index (χ3n) is 6.59. The molecule has 0 bridgehead atoms. The average molecular weight is 406 g/mol. The quantitative estimate of drug-likeness (QED) is 0.361. The van der Waals surface area contributed by atoms with Crippen LogP contribution in [0.15, 0.2) is 12.7 Å². The normalized spacial score (nSPS) is 34.5. The van der Waals surface area contributed by atoms with Crippen LogP contribution >= 0.6 is 0 Å². The molecule has 2 aliphatic heterocycles.